The maximum atomic E-state index is 14.2. The molecule has 3 nitrogen and oxygen atoms in total. The van der Waals surface area contributed by atoms with Gasteiger partial charge < -0.3 is 4.84 Å². The monoisotopic (exact) mass is 319 g/mol. The van der Waals surface area contributed by atoms with Crippen LogP contribution in [0.2, 0.25) is 0 Å². The molecule has 0 radical (unpaired) electrons. The van der Waals surface area contributed by atoms with Crippen LogP contribution in [0.15, 0.2) is 71.5 Å². The second-order valence-corrected chi connectivity index (χ2v) is 5.55. The fourth-order valence-corrected chi connectivity index (χ4v) is 3.12. The lowest BCUT2D eigenvalue weighted by Crippen LogP contribution is -2.26. The summed E-state index contributed by atoms with van der Waals surface area (Å²) in [6.45, 7) is 0. The number of halogens is 1. The van der Waals surface area contributed by atoms with E-state index in [-0.39, 0.29) is 5.56 Å². The Bertz CT molecular complexity index is 1080. The molecule has 2 aromatic rings. The van der Waals surface area contributed by atoms with Gasteiger partial charge in [0.05, 0.1) is 11.1 Å². The van der Waals surface area contributed by atoms with Crippen molar-refractivity contribution >= 4 is 10.8 Å². The summed E-state index contributed by atoms with van der Waals surface area (Å²) in [4.78, 5) is 18.2. The zero-order chi connectivity index (χ0) is 16.7. The first-order chi connectivity index (χ1) is 11.7. The highest BCUT2D eigenvalue weighted by molar-refractivity contribution is 6.02. The fourth-order valence-electron chi connectivity index (χ4n) is 3.12. The lowest BCUT2D eigenvalue weighted by Gasteiger charge is -2.12. The summed E-state index contributed by atoms with van der Waals surface area (Å²) in [6.07, 6.45) is 0. The van der Waals surface area contributed by atoms with Crippen LogP contribution in [-0.2, 0) is 0 Å². The van der Waals surface area contributed by atoms with Gasteiger partial charge in [-0.05, 0) is 40.8 Å². The van der Waals surface area contributed by atoms with Crippen molar-refractivity contribution in [1.82, 2.24) is 4.73 Å². The van der Waals surface area contributed by atoms with Gasteiger partial charge in [-0.1, -0.05) is 42.5 Å². The number of hydrogen-bond acceptors (Lipinski definition) is 2. The third kappa shape index (κ3) is 2.07. The minimum atomic E-state index is -0.399. The molecule has 0 unspecified atom stereocenters. The van der Waals surface area contributed by atoms with Gasteiger partial charge in [-0.2, -0.15) is 0 Å². The Labute approximate surface area is 137 Å². The minimum absolute atomic E-state index is 0.297. The van der Waals surface area contributed by atoms with Crippen molar-refractivity contribution in [2.75, 3.05) is 7.11 Å². The van der Waals surface area contributed by atoms with Gasteiger partial charge in [0.25, 0.3) is 5.56 Å². The van der Waals surface area contributed by atoms with Crippen LogP contribution >= 0.6 is 0 Å². The topological polar surface area (TPSA) is 31.2 Å². The maximum Gasteiger partial charge on any atom is 0.292 e. The van der Waals surface area contributed by atoms with Gasteiger partial charge in [0.2, 0.25) is 0 Å². The lowest BCUT2D eigenvalue weighted by molar-refractivity contribution is 0.163. The van der Waals surface area contributed by atoms with Crippen molar-refractivity contribution < 1.29 is 9.23 Å². The quantitative estimate of drug-likeness (QED) is 0.560. The average Bonchev–Trinajstić information content (AvgIpc) is 2.77. The normalized spacial score (nSPS) is 11.1. The number of pyridine rings is 1. The second-order valence-electron chi connectivity index (χ2n) is 5.55. The Morgan fingerprint density at radius 1 is 0.917 bits per heavy atom. The van der Waals surface area contributed by atoms with Crippen LogP contribution < -0.4 is 10.4 Å². The van der Waals surface area contributed by atoms with Gasteiger partial charge in [-0.25, -0.2) is 4.39 Å². The number of nitrogens with zero attached hydrogens (tertiary/aromatic N) is 1. The van der Waals surface area contributed by atoms with Crippen molar-refractivity contribution in [2.45, 2.75) is 0 Å². The number of hydrogen-bond donors (Lipinski definition) is 0. The SMILES string of the molecule is COn1c(-c2ccccc2F)cc2cc3cccccc-3c2c1=O. The Balaban J connectivity index is 2.14. The van der Waals surface area contributed by atoms with Crippen molar-refractivity contribution in [1.29, 1.82) is 0 Å². The van der Waals surface area contributed by atoms with Crippen LogP contribution in [0.5, 0.6) is 0 Å². The summed E-state index contributed by atoms with van der Waals surface area (Å²) in [5.74, 6) is -0.399. The molecule has 1 heterocycles. The fraction of sp³-hybridized carbons (Fsp3) is 0.0500. The zero-order valence-corrected chi connectivity index (χ0v) is 13.0. The average molecular weight is 319 g/mol. The van der Waals surface area contributed by atoms with Crippen molar-refractivity contribution in [3.63, 3.8) is 0 Å². The highest BCUT2D eigenvalue weighted by Crippen LogP contribution is 2.33. The third-order valence-corrected chi connectivity index (χ3v) is 4.18. The lowest BCUT2D eigenvalue weighted by atomic mass is 10.1. The van der Waals surface area contributed by atoms with Gasteiger partial charge in [0.15, 0.2) is 0 Å². The molecular weight excluding hydrogens is 305 g/mol. The minimum Gasteiger partial charge on any atom is -0.413 e. The molecule has 118 valence electrons. The molecule has 0 saturated heterocycles. The highest BCUT2D eigenvalue weighted by atomic mass is 19.1. The maximum absolute atomic E-state index is 14.2. The van der Waals surface area contributed by atoms with Crippen LogP contribution in [0.4, 0.5) is 4.39 Å². The summed E-state index contributed by atoms with van der Waals surface area (Å²) in [7, 11) is 1.41. The van der Waals surface area contributed by atoms with E-state index in [9.17, 15) is 9.18 Å². The Hall–Kier alpha value is -3.14. The van der Waals surface area contributed by atoms with Crippen LogP contribution in [0.1, 0.15) is 0 Å². The first kappa shape index (κ1) is 14.5. The highest BCUT2D eigenvalue weighted by Gasteiger charge is 2.19. The van der Waals surface area contributed by atoms with Crippen LogP contribution in [0, 0.1) is 5.82 Å². The van der Waals surface area contributed by atoms with Gasteiger partial charge in [0.1, 0.15) is 12.9 Å². The predicted molar refractivity (Wildman–Crippen MR) is 92.7 cm³/mol. The molecular formula is C20H14FNO2. The molecule has 4 heteroatoms. The molecule has 0 spiro atoms. The molecule has 0 fully saturated rings. The smallest absolute Gasteiger partial charge is 0.292 e. The summed E-state index contributed by atoms with van der Waals surface area (Å²) in [5, 5.41) is 1.34. The van der Waals surface area contributed by atoms with E-state index in [2.05, 4.69) is 0 Å². The van der Waals surface area contributed by atoms with Crippen molar-refractivity contribution in [3.05, 3.63) is 82.9 Å². The first-order valence-corrected chi connectivity index (χ1v) is 7.57. The molecule has 4 rings (SSSR count). The van der Waals surface area contributed by atoms with Crippen LogP contribution in [-0.4, -0.2) is 11.8 Å². The van der Waals surface area contributed by atoms with E-state index in [4.69, 9.17) is 4.84 Å². The second kappa shape index (κ2) is 5.49. The van der Waals surface area contributed by atoms with E-state index in [0.717, 1.165) is 21.2 Å². The molecule has 0 bridgehead atoms. The molecule has 0 atom stereocenters. The number of benzene rings is 1. The Morgan fingerprint density at radius 2 is 1.62 bits per heavy atom. The Kier molecular flexibility index (Phi) is 3.31. The van der Waals surface area contributed by atoms with E-state index in [1.54, 1.807) is 24.3 Å². The Morgan fingerprint density at radius 3 is 2.42 bits per heavy atom. The largest absolute Gasteiger partial charge is 0.413 e. The van der Waals surface area contributed by atoms with E-state index >= 15 is 0 Å². The molecule has 0 saturated carbocycles. The molecule has 0 N–H and O–H groups in total. The van der Waals surface area contributed by atoms with E-state index in [1.165, 1.54) is 13.2 Å². The number of rotatable bonds is 2. The molecule has 0 amide bonds. The molecule has 24 heavy (non-hydrogen) atoms. The zero-order valence-electron chi connectivity index (χ0n) is 13.0. The van der Waals surface area contributed by atoms with Gasteiger partial charge >= 0.3 is 0 Å². The molecule has 2 aliphatic rings. The molecule has 0 aliphatic heterocycles. The molecule has 1 aromatic heterocycles. The van der Waals surface area contributed by atoms with Crippen molar-refractivity contribution in [3.8, 4) is 22.4 Å². The standard InChI is InChI=1S/C20H14FNO2/c1-24-22-18(16-9-5-6-10-17(16)21)12-14-11-13-7-3-2-4-8-15(13)19(14)20(22)23/h2-12H,1H3. The van der Waals surface area contributed by atoms with Gasteiger partial charge in [-0.3, -0.25) is 4.79 Å². The molecule has 2 aliphatic carbocycles. The summed E-state index contributed by atoms with van der Waals surface area (Å²) in [6, 6.07) is 19.7. The summed E-state index contributed by atoms with van der Waals surface area (Å²) in [5.41, 5.74) is 2.24. The number of aromatic nitrogens is 1. The van der Waals surface area contributed by atoms with Crippen LogP contribution in [0.3, 0.4) is 0 Å². The van der Waals surface area contributed by atoms with Crippen LogP contribution in [0.25, 0.3) is 33.2 Å². The third-order valence-electron chi connectivity index (χ3n) is 4.18. The van der Waals surface area contributed by atoms with Crippen molar-refractivity contribution in [2.24, 2.45) is 0 Å². The van der Waals surface area contributed by atoms with E-state index in [0.29, 0.717) is 16.6 Å². The first-order valence-electron chi connectivity index (χ1n) is 7.57. The summed E-state index contributed by atoms with van der Waals surface area (Å²) < 4.78 is 15.4. The van der Waals surface area contributed by atoms with Gasteiger partial charge in [0, 0.05) is 5.56 Å². The van der Waals surface area contributed by atoms with E-state index < -0.39 is 5.82 Å². The van der Waals surface area contributed by atoms with E-state index in [1.807, 2.05) is 36.4 Å². The molecule has 1 aromatic carbocycles. The number of fused-ring (bicyclic) bond motifs is 3. The van der Waals surface area contributed by atoms with Gasteiger partial charge in [-0.15, -0.1) is 4.73 Å². The summed E-state index contributed by atoms with van der Waals surface area (Å²) >= 11 is 0. The predicted octanol–water partition coefficient (Wildman–Crippen LogP) is 3.97.